The van der Waals surface area contributed by atoms with Crippen molar-refractivity contribution >= 4 is 15.9 Å². The van der Waals surface area contributed by atoms with Crippen LogP contribution < -0.4 is 11.0 Å². The number of carbonyl (C=O) groups excluding carboxylic acids is 1. The number of aromatic nitrogens is 3. The molecule has 1 aromatic carbocycles. The van der Waals surface area contributed by atoms with Gasteiger partial charge in [0, 0.05) is 19.5 Å². The average molecular weight is 393 g/mol. The molecule has 146 valence electrons. The molecule has 27 heavy (non-hydrogen) atoms. The lowest BCUT2D eigenvalue weighted by Gasteiger charge is -2.13. The highest BCUT2D eigenvalue weighted by Crippen LogP contribution is 2.39. The van der Waals surface area contributed by atoms with Crippen molar-refractivity contribution in [2.75, 3.05) is 26.4 Å². The fourth-order valence-corrected chi connectivity index (χ4v) is 3.02. The van der Waals surface area contributed by atoms with E-state index in [-0.39, 0.29) is 31.2 Å². The molecular formula is C17H23N5O4S. The molecule has 1 heterocycles. The summed E-state index contributed by atoms with van der Waals surface area (Å²) in [4.78, 5) is 24.6. The number of para-hydroxylation sites is 1. The summed E-state index contributed by atoms with van der Waals surface area (Å²) in [5, 5.41) is 7.08. The molecule has 9 nitrogen and oxygen atoms in total. The predicted molar refractivity (Wildman–Crippen MR) is 100 cm³/mol. The van der Waals surface area contributed by atoms with E-state index < -0.39 is 15.9 Å². The Kier molecular flexibility index (Phi) is 5.47. The highest BCUT2D eigenvalue weighted by molar-refractivity contribution is 7.88. The number of hydrogen-bond donors (Lipinski definition) is 1. The standard InChI is InChI=1S/C17H23N5O4S/c1-20(27(2,25)26)12-15(23)18-10-11-21-17(24)22(14-6-4-3-5-7-14)16(19-21)13-8-9-13/h3-7,13H,8-12H2,1-2H3,(H,18,23). The molecule has 0 radical (unpaired) electrons. The Morgan fingerprint density at radius 2 is 1.96 bits per heavy atom. The normalized spacial score (nSPS) is 14.5. The van der Waals surface area contributed by atoms with Crippen LogP contribution in [-0.2, 0) is 21.4 Å². The third-order valence-corrected chi connectivity index (χ3v) is 5.66. The van der Waals surface area contributed by atoms with Crippen molar-refractivity contribution in [3.05, 3.63) is 46.6 Å². The first kappa shape index (κ1) is 19.3. The maximum atomic E-state index is 12.8. The lowest BCUT2D eigenvalue weighted by atomic mass is 10.3. The molecule has 0 unspecified atom stereocenters. The molecule has 1 aromatic heterocycles. The molecular weight excluding hydrogens is 370 g/mol. The van der Waals surface area contributed by atoms with E-state index in [1.54, 1.807) is 4.57 Å². The first-order valence-electron chi connectivity index (χ1n) is 8.70. The summed E-state index contributed by atoms with van der Waals surface area (Å²) in [5.41, 5.74) is 0.528. The summed E-state index contributed by atoms with van der Waals surface area (Å²) < 4.78 is 26.6. The van der Waals surface area contributed by atoms with E-state index in [0.29, 0.717) is 0 Å². The zero-order chi connectivity index (χ0) is 19.6. The van der Waals surface area contributed by atoms with Crippen molar-refractivity contribution < 1.29 is 13.2 Å². The number of amides is 1. The fourth-order valence-electron chi connectivity index (χ4n) is 2.67. The Morgan fingerprint density at radius 3 is 2.56 bits per heavy atom. The zero-order valence-electron chi connectivity index (χ0n) is 15.3. The summed E-state index contributed by atoms with van der Waals surface area (Å²) >= 11 is 0. The Bertz CT molecular complexity index is 976. The van der Waals surface area contributed by atoms with Crippen molar-refractivity contribution in [1.29, 1.82) is 0 Å². The van der Waals surface area contributed by atoms with Crippen molar-refractivity contribution in [3.63, 3.8) is 0 Å². The number of benzene rings is 1. The van der Waals surface area contributed by atoms with Gasteiger partial charge in [-0.2, -0.15) is 9.40 Å². The molecule has 1 amide bonds. The SMILES string of the molecule is CN(CC(=O)NCCn1nc(C2CC2)n(-c2ccccc2)c1=O)S(C)(=O)=O. The van der Waals surface area contributed by atoms with Gasteiger partial charge >= 0.3 is 5.69 Å². The molecule has 1 aliphatic rings. The smallest absolute Gasteiger partial charge is 0.350 e. The molecule has 1 saturated carbocycles. The van der Waals surface area contributed by atoms with Gasteiger partial charge in [-0.1, -0.05) is 18.2 Å². The molecule has 1 N–H and O–H groups in total. The lowest BCUT2D eigenvalue weighted by Crippen LogP contribution is -2.39. The van der Waals surface area contributed by atoms with E-state index in [9.17, 15) is 18.0 Å². The summed E-state index contributed by atoms with van der Waals surface area (Å²) in [6, 6.07) is 9.35. The second-order valence-corrected chi connectivity index (χ2v) is 8.77. The third-order valence-electron chi connectivity index (χ3n) is 4.40. The minimum absolute atomic E-state index is 0.187. The van der Waals surface area contributed by atoms with E-state index in [4.69, 9.17) is 0 Å². The Labute approximate surface area is 157 Å². The Hall–Kier alpha value is -2.46. The van der Waals surface area contributed by atoms with Gasteiger partial charge in [-0.25, -0.2) is 22.5 Å². The second-order valence-electron chi connectivity index (χ2n) is 6.68. The number of nitrogens with one attached hydrogen (secondary N) is 1. The number of nitrogens with zero attached hydrogens (tertiary/aromatic N) is 4. The summed E-state index contributed by atoms with van der Waals surface area (Å²) in [6.45, 7) is 0.137. The second kappa shape index (κ2) is 7.65. The largest absolute Gasteiger partial charge is 0.353 e. The van der Waals surface area contributed by atoms with Gasteiger partial charge in [0.2, 0.25) is 15.9 Å². The number of likely N-dealkylation sites (N-methyl/N-ethyl adjacent to an activating group) is 1. The van der Waals surface area contributed by atoms with Crippen LogP contribution in [0, 0.1) is 0 Å². The first-order valence-corrected chi connectivity index (χ1v) is 10.6. The van der Waals surface area contributed by atoms with Gasteiger partial charge in [-0.05, 0) is 25.0 Å². The van der Waals surface area contributed by atoms with Gasteiger partial charge < -0.3 is 5.32 Å². The van der Waals surface area contributed by atoms with E-state index in [0.717, 1.165) is 34.9 Å². The predicted octanol–water partition coefficient (Wildman–Crippen LogP) is -0.0810. The van der Waals surface area contributed by atoms with E-state index in [2.05, 4.69) is 10.4 Å². The van der Waals surface area contributed by atoms with Gasteiger partial charge in [0.15, 0.2) is 0 Å². The molecule has 1 aliphatic carbocycles. The van der Waals surface area contributed by atoms with Gasteiger partial charge in [0.25, 0.3) is 0 Å². The summed E-state index contributed by atoms with van der Waals surface area (Å²) in [7, 11) is -2.08. The van der Waals surface area contributed by atoms with Crippen molar-refractivity contribution in [2.24, 2.45) is 0 Å². The molecule has 10 heteroatoms. The van der Waals surface area contributed by atoms with E-state index >= 15 is 0 Å². The van der Waals surface area contributed by atoms with Crippen molar-refractivity contribution in [3.8, 4) is 5.69 Å². The van der Waals surface area contributed by atoms with Gasteiger partial charge in [-0.15, -0.1) is 0 Å². The van der Waals surface area contributed by atoms with Crippen LogP contribution in [0.5, 0.6) is 0 Å². The first-order chi connectivity index (χ1) is 12.8. The third kappa shape index (κ3) is 4.64. The monoisotopic (exact) mass is 393 g/mol. The fraction of sp³-hybridized carbons (Fsp3) is 0.471. The average Bonchev–Trinajstić information content (AvgIpc) is 3.40. The number of carbonyl (C=O) groups is 1. The van der Waals surface area contributed by atoms with Crippen LogP contribution in [0.3, 0.4) is 0 Å². The highest BCUT2D eigenvalue weighted by Gasteiger charge is 2.31. The Morgan fingerprint density at radius 1 is 1.30 bits per heavy atom. The molecule has 0 saturated heterocycles. The maximum Gasteiger partial charge on any atom is 0.350 e. The molecule has 2 aromatic rings. The van der Waals surface area contributed by atoms with Crippen LogP contribution in [0.25, 0.3) is 5.69 Å². The molecule has 0 bridgehead atoms. The van der Waals surface area contributed by atoms with E-state index in [1.165, 1.54) is 11.7 Å². The molecule has 0 spiro atoms. The molecule has 3 rings (SSSR count). The van der Waals surface area contributed by atoms with Gasteiger partial charge in [0.1, 0.15) is 5.82 Å². The highest BCUT2D eigenvalue weighted by atomic mass is 32.2. The van der Waals surface area contributed by atoms with Crippen LogP contribution in [-0.4, -0.2) is 59.4 Å². The minimum atomic E-state index is -3.42. The van der Waals surface area contributed by atoms with Crippen LogP contribution >= 0.6 is 0 Å². The quantitative estimate of drug-likeness (QED) is 0.675. The van der Waals surface area contributed by atoms with Crippen molar-refractivity contribution in [2.45, 2.75) is 25.3 Å². The Balaban J connectivity index is 1.68. The molecule has 1 fully saturated rings. The van der Waals surface area contributed by atoms with Gasteiger partial charge in [-0.3, -0.25) is 4.79 Å². The molecule has 0 atom stereocenters. The van der Waals surface area contributed by atoms with Crippen LogP contribution in [0.2, 0.25) is 0 Å². The van der Waals surface area contributed by atoms with Crippen LogP contribution in [0.15, 0.2) is 35.1 Å². The van der Waals surface area contributed by atoms with Crippen molar-refractivity contribution in [1.82, 2.24) is 24.0 Å². The minimum Gasteiger partial charge on any atom is -0.353 e. The van der Waals surface area contributed by atoms with Crippen LogP contribution in [0.4, 0.5) is 0 Å². The number of rotatable bonds is 8. The van der Waals surface area contributed by atoms with E-state index in [1.807, 2.05) is 30.3 Å². The topological polar surface area (TPSA) is 106 Å². The lowest BCUT2D eigenvalue weighted by molar-refractivity contribution is -0.121. The van der Waals surface area contributed by atoms with Crippen LogP contribution in [0.1, 0.15) is 24.6 Å². The zero-order valence-corrected chi connectivity index (χ0v) is 16.1. The molecule has 0 aliphatic heterocycles. The van der Waals surface area contributed by atoms with Gasteiger partial charge in [0.05, 0.1) is 25.0 Å². The number of sulfonamides is 1. The summed E-state index contributed by atoms with van der Waals surface area (Å²) in [6.07, 6.45) is 3.06. The summed E-state index contributed by atoms with van der Waals surface area (Å²) in [5.74, 6) is 0.604. The maximum absolute atomic E-state index is 12.8. The number of hydrogen-bond acceptors (Lipinski definition) is 5.